The van der Waals surface area contributed by atoms with Crippen molar-refractivity contribution in [1.82, 2.24) is 0 Å². The summed E-state index contributed by atoms with van der Waals surface area (Å²) in [6, 6.07) is 0. The van der Waals surface area contributed by atoms with Gasteiger partial charge in [0, 0.05) is 71.3 Å². The minimum absolute atomic E-state index is 0. The minimum atomic E-state index is 0. The smallest absolute Gasteiger partial charge is 0.197 e. The molecular formula is OSTbY. The molecule has 4 heteroatoms. The van der Waals surface area contributed by atoms with E-state index in [1.165, 1.54) is 0 Å². The molecule has 0 spiro atoms. The van der Waals surface area contributed by atoms with Gasteiger partial charge in [-0.1, -0.05) is 0 Å². The Labute approximate surface area is 86.1 Å². The summed E-state index contributed by atoms with van der Waals surface area (Å²) in [5.41, 5.74) is 0. The van der Waals surface area contributed by atoms with E-state index < -0.39 is 0 Å². The average molecular weight is 296 g/mol. The van der Waals surface area contributed by atoms with Gasteiger partial charge in [-0.25, -0.2) is 0 Å². The molecule has 1 nitrogen and oxygen atoms in total. The molecule has 0 aromatic carbocycles. The fraction of sp³-hybridized carbons (Fsp3) is 0. The standard InChI is InChI=1S/OS.Tb.Y/c1-2;;. The van der Waals surface area contributed by atoms with Gasteiger partial charge in [0.15, 0.2) is 12.5 Å². The van der Waals surface area contributed by atoms with Crippen molar-refractivity contribution in [3.05, 3.63) is 0 Å². The fourth-order valence-corrected chi connectivity index (χ4v) is 0. The molecule has 0 saturated heterocycles. The van der Waals surface area contributed by atoms with E-state index in [0.717, 1.165) is 0 Å². The second kappa shape index (κ2) is 18.1. The molecule has 4 heavy (non-hydrogen) atoms. The van der Waals surface area contributed by atoms with E-state index in [9.17, 15) is 0 Å². The average Bonchev–Trinajstić information content (AvgIpc) is 1.00. The normalized spacial score (nSPS) is 1.00. The van der Waals surface area contributed by atoms with Gasteiger partial charge in [0.25, 0.3) is 0 Å². The maximum absolute atomic E-state index is 7.83. The molecule has 0 rings (SSSR count). The van der Waals surface area contributed by atoms with Crippen LogP contribution in [0.1, 0.15) is 0 Å². The number of hydrogen-bond acceptors (Lipinski definition) is 2. The quantitative estimate of drug-likeness (QED) is 0.608. The van der Waals surface area contributed by atoms with E-state index >= 15 is 0 Å². The molecule has 0 aliphatic rings. The SMILES string of the molecule is O=S.[Tb].[Y]. The van der Waals surface area contributed by atoms with Crippen LogP contribution in [0.5, 0.6) is 0 Å². The van der Waals surface area contributed by atoms with Crippen LogP contribution in [0.15, 0.2) is 0 Å². The predicted octanol–water partition coefficient (Wildman–Crippen LogP) is -0.339. The third-order valence-corrected chi connectivity index (χ3v) is 0. The first-order chi connectivity index (χ1) is 1.00. The Morgan fingerprint density at radius 2 is 1.25 bits per heavy atom. The minimum Gasteiger partial charge on any atom is -0.197 e. The third kappa shape index (κ3) is 8.83. The van der Waals surface area contributed by atoms with Crippen molar-refractivity contribution in [2.75, 3.05) is 0 Å². The zero-order chi connectivity index (χ0) is 2.00. The zero-order valence-corrected chi connectivity index (χ0v) is 7.52. The van der Waals surface area contributed by atoms with E-state index in [2.05, 4.69) is 12.5 Å². The number of hydrogen-bond donors (Lipinski definition) is 0. The van der Waals surface area contributed by atoms with Crippen LogP contribution < -0.4 is 0 Å². The molecular weight excluding hydrogens is 296 g/mol. The van der Waals surface area contributed by atoms with E-state index in [0.29, 0.717) is 0 Å². The van der Waals surface area contributed by atoms with Crippen LogP contribution in [0.4, 0.5) is 0 Å². The van der Waals surface area contributed by atoms with E-state index in [4.69, 9.17) is 4.21 Å². The molecule has 0 saturated carbocycles. The molecule has 0 fully saturated rings. The van der Waals surface area contributed by atoms with Gasteiger partial charge in [-0.15, -0.1) is 0 Å². The molecule has 0 aromatic rings. The summed E-state index contributed by atoms with van der Waals surface area (Å²) in [6.07, 6.45) is 0. The van der Waals surface area contributed by atoms with Crippen molar-refractivity contribution in [3.63, 3.8) is 0 Å². The summed E-state index contributed by atoms with van der Waals surface area (Å²) >= 11 is 2.83. The predicted molar refractivity (Wildman–Crippen MR) is 8.14 cm³/mol. The molecule has 0 aliphatic heterocycles. The van der Waals surface area contributed by atoms with Crippen LogP contribution in [0, 0.1) is 38.6 Å². The number of rotatable bonds is 0. The summed E-state index contributed by atoms with van der Waals surface area (Å²) in [7, 11) is 0. The summed E-state index contributed by atoms with van der Waals surface area (Å²) < 4.78 is 7.83. The van der Waals surface area contributed by atoms with Gasteiger partial charge in [0.1, 0.15) is 0 Å². The van der Waals surface area contributed by atoms with Gasteiger partial charge in [0.2, 0.25) is 0 Å². The van der Waals surface area contributed by atoms with Crippen molar-refractivity contribution in [3.8, 4) is 0 Å². The monoisotopic (exact) mass is 296 g/mol. The molecule has 0 heterocycles. The molecule has 0 unspecified atom stereocenters. The molecule has 0 amide bonds. The van der Waals surface area contributed by atoms with Crippen LogP contribution in [0.2, 0.25) is 0 Å². The van der Waals surface area contributed by atoms with Gasteiger partial charge >= 0.3 is 0 Å². The van der Waals surface area contributed by atoms with Crippen LogP contribution in [-0.4, -0.2) is 4.21 Å². The van der Waals surface area contributed by atoms with Crippen molar-refractivity contribution in [1.29, 1.82) is 0 Å². The molecule has 0 aliphatic carbocycles. The van der Waals surface area contributed by atoms with Crippen molar-refractivity contribution < 1.29 is 75.5 Å². The van der Waals surface area contributed by atoms with Crippen LogP contribution in [0.3, 0.4) is 0 Å². The van der Waals surface area contributed by atoms with Gasteiger partial charge < -0.3 is 0 Å². The van der Waals surface area contributed by atoms with Crippen LogP contribution >= 0.6 is 0 Å². The van der Waals surface area contributed by atoms with Crippen molar-refractivity contribution >= 4 is 12.5 Å². The second-order valence-corrected chi connectivity index (χ2v) is 0. The molecule has 0 aromatic heterocycles. The van der Waals surface area contributed by atoms with E-state index in [1.54, 1.807) is 0 Å². The Hall–Kier alpha value is 2.41. The fourth-order valence-electron chi connectivity index (χ4n) is 0. The second-order valence-electron chi connectivity index (χ2n) is 0. The van der Waals surface area contributed by atoms with Gasteiger partial charge in [-0.2, -0.15) is 4.21 Å². The first-order valence-corrected chi connectivity index (χ1v) is 0.500. The van der Waals surface area contributed by atoms with Gasteiger partial charge in [-0.3, -0.25) is 0 Å². The van der Waals surface area contributed by atoms with E-state index in [-0.39, 0.29) is 71.3 Å². The summed E-state index contributed by atoms with van der Waals surface area (Å²) in [5.74, 6) is 0. The van der Waals surface area contributed by atoms with Crippen LogP contribution in [0.25, 0.3) is 0 Å². The summed E-state index contributed by atoms with van der Waals surface area (Å²) in [5, 5.41) is 0. The first kappa shape index (κ1) is 16.1. The summed E-state index contributed by atoms with van der Waals surface area (Å²) in [6.45, 7) is 0. The maximum atomic E-state index is 7.83. The molecule has 0 bridgehead atoms. The Morgan fingerprint density at radius 3 is 1.25 bits per heavy atom. The Kier molecular flexibility index (Phi) is 73.1. The van der Waals surface area contributed by atoms with Gasteiger partial charge in [-0.05, 0) is 0 Å². The maximum Gasteiger partial charge on any atom is 0.197 e. The molecule has 2 radical (unpaired) electrons. The third-order valence-electron chi connectivity index (χ3n) is 0. The Balaban J connectivity index is -0.00000000500. The van der Waals surface area contributed by atoms with Crippen molar-refractivity contribution in [2.45, 2.75) is 0 Å². The first-order valence-electron chi connectivity index (χ1n) is 0.167. The van der Waals surface area contributed by atoms with E-state index in [1.807, 2.05) is 0 Å². The molecule has 0 N–H and O–H groups in total. The molecule has 24 valence electrons. The Bertz CT molecular complexity index is 8.00. The topological polar surface area (TPSA) is 17.1 Å². The summed E-state index contributed by atoms with van der Waals surface area (Å²) in [4.78, 5) is 0. The molecule has 0 atom stereocenters. The largest absolute Gasteiger partial charge is 0.197 e. The van der Waals surface area contributed by atoms with Crippen LogP contribution in [-0.2, 0) is 45.2 Å². The van der Waals surface area contributed by atoms with Gasteiger partial charge in [0.05, 0.1) is 0 Å². The zero-order valence-electron chi connectivity index (χ0n) is 1.73. The Morgan fingerprint density at radius 1 is 1.25 bits per heavy atom. The van der Waals surface area contributed by atoms with Crippen molar-refractivity contribution in [2.24, 2.45) is 0 Å².